The SMILES string of the molecule is COc1ccc([C@@H]2CN(C(=O)CC(C)C)C[C@H]2C(=O)NCc2ccc(F)cc2)c(OC)c1. The zero-order valence-electron chi connectivity index (χ0n) is 19.1. The number of ether oxygens (including phenoxy) is 2. The molecule has 0 bridgehead atoms. The summed E-state index contributed by atoms with van der Waals surface area (Å²) in [6.07, 6.45) is 0.441. The Morgan fingerprint density at radius 3 is 2.44 bits per heavy atom. The van der Waals surface area contributed by atoms with Crippen LogP contribution >= 0.6 is 0 Å². The van der Waals surface area contributed by atoms with Crippen molar-refractivity contribution in [3.05, 3.63) is 59.4 Å². The van der Waals surface area contributed by atoms with Crippen molar-refractivity contribution >= 4 is 11.8 Å². The van der Waals surface area contributed by atoms with Crippen LogP contribution in [0.25, 0.3) is 0 Å². The van der Waals surface area contributed by atoms with Crippen molar-refractivity contribution in [3.8, 4) is 11.5 Å². The molecular formula is C25H31FN2O4. The van der Waals surface area contributed by atoms with Crippen molar-refractivity contribution in [1.82, 2.24) is 10.2 Å². The molecule has 0 saturated carbocycles. The van der Waals surface area contributed by atoms with Crippen LogP contribution in [0.3, 0.4) is 0 Å². The first-order chi connectivity index (χ1) is 15.3. The van der Waals surface area contributed by atoms with Crippen LogP contribution < -0.4 is 14.8 Å². The highest BCUT2D eigenvalue weighted by molar-refractivity contribution is 5.83. The highest BCUT2D eigenvalue weighted by Crippen LogP contribution is 2.39. The smallest absolute Gasteiger partial charge is 0.225 e. The molecule has 1 aliphatic rings. The molecule has 0 aromatic heterocycles. The summed E-state index contributed by atoms with van der Waals surface area (Å²) in [5.41, 5.74) is 1.68. The van der Waals surface area contributed by atoms with Crippen molar-refractivity contribution in [2.45, 2.75) is 32.7 Å². The van der Waals surface area contributed by atoms with E-state index in [0.29, 0.717) is 37.6 Å². The van der Waals surface area contributed by atoms with Gasteiger partial charge in [0.2, 0.25) is 11.8 Å². The molecule has 0 spiro atoms. The second-order valence-corrected chi connectivity index (χ2v) is 8.56. The van der Waals surface area contributed by atoms with Crippen LogP contribution in [0, 0.1) is 17.7 Å². The first kappa shape index (κ1) is 23.6. The molecule has 2 atom stereocenters. The summed E-state index contributed by atoms with van der Waals surface area (Å²) < 4.78 is 24.0. The van der Waals surface area contributed by atoms with E-state index in [0.717, 1.165) is 11.1 Å². The average Bonchev–Trinajstić information content (AvgIpc) is 3.23. The Balaban J connectivity index is 1.83. The van der Waals surface area contributed by atoms with E-state index >= 15 is 0 Å². The van der Waals surface area contributed by atoms with Crippen molar-refractivity contribution in [2.75, 3.05) is 27.3 Å². The summed E-state index contributed by atoms with van der Waals surface area (Å²) in [6, 6.07) is 11.6. The lowest BCUT2D eigenvalue weighted by molar-refractivity contribution is -0.131. The van der Waals surface area contributed by atoms with Crippen LogP contribution in [0.15, 0.2) is 42.5 Å². The third-order valence-corrected chi connectivity index (χ3v) is 5.81. The number of nitrogens with one attached hydrogen (secondary N) is 1. The normalized spacial score (nSPS) is 18.0. The highest BCUT2D eigenvalue weighted by atomic mass is 19.1. The standard InChI is InChI=1S/C25H31FN2O4/c1-16(2)11-24(29)28-14-21(20-10-9-19(31-3)12-23(20)32-4)22(15-28)25(30)27-13-17-5-7-18(26)8-6-17/h5-10,12,16,21-22H,11,13-15H2,1-4H3,(H,27,30)/t21-,22+/m0/s1. The average molecular weight is 443 g/mol. The van der Waals surface area contributed by atoms with E-state index in [4.69, 9.17) is 9.47 Å². The van der Waals surface area contributed by atoms with Crippen LogP contribution in [0.5, 0.6) is 11.5 Å². The van der Waals surface area contributed by atoms with Gasteiger partial charge >= 0.3 is 0 Å². The molecule has 32 heavy (non-hydrogen) atoms. The van der Waals surface area contributed by atoms with E-state index in [1.807, 2.05) is 26.0 Å². The van der Waals surface area contributed by atoms with Gasteiger partial charge < -0.3 is 19.7 Å². The fraction of sp³-hybridized carbons (Fsp3) is 0.440. The van der Waals surface area contributed by atoms with E-state index in [-0.39, 0.29) is 29.5 Å². The van der Waals surface area contributed by atoms with Gasteiger partial charge in [-0.25, -0.2) is 4.39 Å². The molecule has 7 heteroatoms. The Morgan fingerprint density at radius 2 is 1.81 bits per heavy atom. The first-order valence-corrected chi connectivity index (χ1v) is 10.8. The fourth-order valence-electron chi connectivity index (χ4n) is 4.11. The number of halogens is 1. The second kappa shape index (κ2) is 10.5. The third-order valence-electron chi connectivity index (χ3n) is 5.81. The summed E-state index contributed by atoms with van der Waals surface area (Å²) in [7, 11) is 3.17. The predicted molar refractivity (Wildman–Crippen MR) is 120 cm³/mol. The van der Waals surface area contributed by atoms with Gasteiger partial charge in [0, 0.05) is 43.6 Å². The maximum absolute atomic E-state index is 13.2. The zero-order chi connectivity index (χ0) is 23.3. The number of carbonyl (C=O) groups excluding carboxylic acids is 2. The van der Waals surface area contributed by atoms with Crippen molar-refractivity contribution in [2.24, 2.45) is 11.8 Å². The van der Waals surface area contributed by atoms with E-state index in [9.17, 15) is 14.0 Å². The molecule has 0 unspecified atom stereocenters. The molecular weight excluding hydrogens is 411 g/mol. The number of carbonyl (C=O) groups is 2. The van der Waals surface area contributed by atoms with E-state index < -0.39 is 5.92 Å². The van der Waals surface area contributed by atoms with Gasteiger partial charge in [0.15, 0.2) is 0 Å². The number of hydrogen-bond donors (Lipinski definition) is 1. The molecule has 2 amide bonds. The molecule has 3 rings (SSSR count). The Hall–Kier alpha value is -3.09. The Bertz CT molecular complexity index is 945. The first-order valence-electron chi connectivity index (χ1n) is 10.8. The molecule has 2 aromatic rings. The molecule has 1 aliphatic heterocycles. The van der Waals surface area contributed by atoms with Crippen molar-refractivity contribution in [3.63, 3.8) is 0 Å². The molecule has 6 nitrogen and oxygen atoms in total. The van der Waals surface area contributed by atoms with Gasteiger partial charge in [-0.3, -0.25) is 9.59 Å². The quantitative estimate of drug-likeness (QED) is 0.676. The summed E-state index contributed by atoms with van der Waals surface area (Å²) in [6.45, 7) is 5.10. The fourth-order valence-corrected chi connectivity index (χ4v) is 4.11. The van der Waals surface area contributed by atoms with Crippen LogP contribution in [-0.4, -0.2) is 44.0 Å². The predicted octanol–water partition coefficient (Wildman–Crippen LogP) is 3.75. The van der Waals surface area contributed by atoms with Crippen LogP contribution in [0.4, 0.5) is 4.39 Å². The number of hydrogen-bond acceptors (Lipinski definition) is 4. The van der Waals surface area contributed by atoms with Gasteiger partial charge in [0.05, 0.1) is 20.1 Å². The topological polar surface area (TPSA) is 67.9 Å². The van der Waals surface area contributed by atoms with Crippen LogP contribution in [0.2, 0.25) is 0 Å². The largest absolute Gasteiger partial charge is 0.497 e. The Kier molecular flexibility index (Phi) is 7.72. The van der Waals surface area contributed by atoms with Crippen LogP contribution in [0.1, 0.15) is 37.3 Å². The molecule has 1 N–H and O–H groups in total. The molecule has 1 heterocycles. The monoisotopic (exact) mass is 442 g/mol. The molecule has 172 valence electrons. The molecule has 0 radical (unpaired) electrons. The number of rotatable bonds is 8. The minimum Gasteiger partial charge on any atom is -0.497 e. The number of methoxy groups -OCH3 is 2. The van der Waals surface area contributed by atoms with Gasteiger partial charge in [0.1, 0.15) is 17.3 Å². The zero-order valence-corrected chi connectivity index (χ0v) is 19.1. The number of benzene rings is 2. The number of nitrogens with zero attached hydrogens (tertiary/aromatic N) is 1. The maximum Gasteiger partial charge on any atom is 0.225 e. The van der Waals surface area contributed by atoms with Crippen molar-refractivity contribution < 1.29 is 23.5 Å². The van der Waals surface area contributed by atoms with Crippen LogP contribution in [-0.2, 0) is 16.1 Å². The summed E-state index contributed by atoms with van der Waals surface area (Å²) in [5, 5.41) is 2.96. The highest BCUT2D eigenvalue weighted by Gasteiger charge is 2.41. The Labute approximate surface area is 188 Å². The molecule has 2 aromatic carbocycles. The van der Waals surface area contributed by atoms with Gasteiger partial charge in [-0.2, -0.15) is 0 Å². The summed E-state index contributed by atoms with van der Waals surface area (Å²) >= 11 is 0. The van der Waals surface area contributed by atoms with E-state index in [1.165, 1.54) is 12.1 Å². The van der Waals surface area contributed by atoms with E-state index in [2.05, 4.69) is 5.32 Å². The minimum absolute atomic E-state index is 0.0475. The minimum atomic E-state index is -0.422. The van der Waals surface area contributed by atoms with Gasteiger partial charge in [-0.05, 0) is 29.7 Å². The molecule has 1 fully saturated rings. The van der Waals surface area contributed by atoms with Gasteiger partial charge in [-0.1, -0.05) is 32.0 Å². The summed E-state index contributed by atoms with van der Waals surface area (Å²) in [5.74, 6) is 0.486. The Morgan fingerprint density at radius 1 is 1.09 bits per heavy atom. The third kappa shape index (κ3) is 5.58. The molecule has 1 saturated heterocycles. The van der Waals surface area contributed by atoms with Gasteiger partial charge in [-0.15, -0.1) is 0 Å². The van der Waals surface area contributed by atoms with Gasteiger partial charge in [0.25, 0.3) is 0 Å². The summed E-state index contributed by atoms with van der Waals surface area (Å²) in [4.78, 5) is 27.7. The van der Waals surface area contributed by atoms with E-state index in [1.54, 1.807) is 37.3 Å². The lowest BCUT2D eigenvalue weighted by Crippen LogP contribution is -2.35. The van der Waals surface area contributed by atoms with Crippen molar-refractivity contribution in [1.29, 1.82) is 0 Å². The second-order valence-electron chi connectivity index (χ2n) is 8.56. The maximum atomic E-state index is 13.2. The number of likely N-dealkylation sites (tertiary alicyclic amines) is 1. The number of amides is 2. The lowest BCUT2D eigenvalue weighted by atomic mass is 9.87. The molecule has 0 aliphatic carbocycles. The lowest BCUT2D eigenvalue weighted by Gasteiger charge is -2.21.